The van der Waals surface area contributed by atoms with Crippen molar-refractivity contribution in [1.29, 1.82) is 0 Å². The molecule has 0 saturated heterocycles. The van der Waals surface area contributed by atoms with Gasteiger partial charge in [-0.2, -0.15) is 10.9 Å². The number of hydrogen-bond donors (Lipinski definition) is 3. The predicted octanol–water partition coefficient (Wildman–Crippen LogP) is 8.14. The van der Waals surface area contributed by atoms with Crippen molar-refractivity contribution in [2.45, 2.75) is 14.7 Å². The maximum absolute atomic E-state index is 9.56. The minimum absolute atomic E-state index is 0.204. The van der Waals surface area contributed by atoms with Gasteiger partial charge < -0.3 is 19.7 Å². The Kier molecular flexibility index (Phi) is 5.32. The van der Waals surface area contributed by atoms with Crippen molar-refractivity contribution in [1.82, 2.24) is 0 Å². The van der Waals surface area contributed by atoms with Gasteiger partial charge in [-0.25, -0.2) is 0 Å². The first-order valence-electron chi connectivity index (χ1n) is 11.2. The highest BCUT2D eigenvalue weighted by molar-refractivity contribution is 8.17. The first kappa shape index (κ1) is 21.2. The van der Waals surface area contributed by atoms with E-state index in [1.807, 2.05) is 18.2 Å². The van der Waals surface area contributed by atoms with Crippen LogP contribution in [0.5, 0.6) is 34.5 Å². The molecule has 5 aromatic rings. The molecule has 2 N–H and O–H groups in total. The van der Waals surface area contributed by atoms with Gasteiger partial charge in [-0.15, -0.1) is 0 Å². The fourth-order valence-electron chi connectivity index (χ4n) is 4.26. The van der Waals surface area contributed by atoms with Crippen LogP contribution in [0, 0.1) is 0 Å². The molecule has 1 aliphatic heterocycles. The predicted molar refractivity (Wildman–Crippen MR) is 138 cm³/mol. The molecule has 0 radical (unpaired) electrons. The van der Waals surface area contributed by atoms with Crippen molar-refractivity contribution in [3.8, 4) is 45.6 Å². The second-order valence-electron chi connectivity index (χ2n) is 8.22. The third-order valence-electron chi connectivity index (χ3n) is 5.87. The maximum Gasteiger partial charge on any atom is 0.128 e. The van der Waals surface area contributed by atoms with Crippen molar-refractivity contribution >= 4 is 10.9 Å². The lowest BCUT2D eigenvalue weighted by Gasteiger charge is -2.19. The van der Waals surface area contributed by atoms with E-state index in [2.05, 4.69) is 48.5 Å². The zero-order chi connectivity index (χ0) is 23.8. The SMILES string of the molecule is Oc1ccc(Oc2ccc3c(c2)-c2cc(Oc4ccc(O)cc4)ccc2[SH]3c2ccccc2)cc1. The minimum Gasteiger partial charge on any atom is -0.508 e. The molecule has 4 nitrogen and oxygen atoms in total. The van der Waals surface area contributed by atoms with Crippen LogP contribution in [-0.2, 0) is 0 Å². The van der Waals surface area contributed by atoms with Gasteiger partial charge in [0.1, 0.15) is 34.5 Å². The van der Waals surface area contributed by atoms with E-state index in [1.54, 1.807) is 48.5 Å². The van der Waals surface area contributed by atoms with Gasteiger partial charge in [0, 0.05) is 9.79 Å². The third-order valence-corrected chi connectivity index (χ3v) is 8.43. The van der Waals surface area contributed by atoms with E-state index in [-0.39, 0.29) is 11.5 Å². The first-order valence-corrected chi connectivity index (χ1v) is 12.6. The summed E-state index contributed by atoms with van der Waals surface area (Å²) in [5.41, 5.74) is 2.25. The fourth-order valence-corrected chi connectivity index (χ4v) is 6.85. The summed E-state index contributed by atoms with van der Waals surface area (Å²) in [7, 11) is -0.701. The van der Waals surface area contributed by atoms with Crippen LogP contribution in [0.15, 0.2) is 130 Å². The molecule has 0 spiro atoms. The zero-order valence-corrected chi connectivity index (χ0v) is 19.5. The molecule has 0 bridgehead atoms. The molecule has 172 valence electrons. The summed E-state index contributed by atoms with van der Waals surface area (Å²) in [5.74, 6) is 3.20. The number of fused-ring (bicyclic) bond motifs is 3. The van der Waals surface area contributed by atoms with Crippen LogP contribution in [0.1, 0.15) is 0 Å². The summed E-state index contributed by atoms with van der Waals surface area (Å²) >= 11 is 0. The summed E-state index contributed by atoms with van der Waals surface area (Å²) in [6.07, 6.45) is 0. The van der Waals surface area contributed by atoms with Gasteiger partial charge in [-0.05, 0) is 113 Å². The van der Waals surface area contributed by atoms with E-state index >= 15 is 0 Å². The topological polar surface area (TPSA) is 58.9 Å². The van der Waals surface area contributed by atoms with Crippen molar-refractivity contribution in [3.05, 3.63) is 115 Å². The molecule has 0 unspecified atom stereocenters. The Hall–Kier alpha value is -4.35. The summed E-state index contributed by atoms with van der Waals surface area (Å²) < 4.78 is 12.2. The van der Waals surface area contributed by atoms with Crippen LogP contribution in [0.3, 0.4) is 0 Å². The summed E-state index contributed by atoms with van der Waals surface area (Å²) in [5, 5.41) is 19.1. The molecular weight excluding hydrogens is 456 g/mol. The van der Waals surface area contributed by atoms with Gasteiger partial charge in [0.2, 0.25) is 0 Å². The number of thiol groups is 1. The van der Waals surface area contributed by atoms with Gasteiger partial charge in [0.05, 0.1) is 0 Å². The maximum atomic E-state index is 9.56. The normalized spacial score (nSPS) is 12.6. The lowest BCUT2D eigenvalue weighted by molar-refractivity contribution is 0.464. The van der Waals surface area contributed by atoms with Gasteiger partial charge in [0.25, 0.3) is 0 Å². The third kappa shape index (κ3) is 4.18. The molecule has 0 aromatic heterocycles. The first-order chi connectivity index (χ1) is 17.1. The molecule has 0 aliphatic carbocycles. The number of ether oxygens (including phenoxy) is 2. The van der Waals surface area contributed by atoms with Crippen molar-refractivity contribution < 1.29 is 19.7 Å². The van der Waals surface area contributed by atoms with Gasteiger partial charge in [-0.3, -0.25) is 0 Å². The molecule has 6 rings (SSSR count). The van der Waals surface area contributed by atoms with Crippen LogP contribution < -0.4 is 9.47 Å². The summed E-state index contributed by atoms with van der Waals surface area (Å²) in [4.78, 5) is 3.85. The van der Waals surface area contributed by atoms with Crippen LogP contribution in [0.4, 0.5) is 0 Å². The molecule has 0 amide bonds. The van der Waals surface area contributed by atoms with Crippen LogP contribution in [0.25, 0.3) is 11.1 Å². The van der Waals surface area contributed by atoms with Crippen LogP contribution in [-0.4, -0.2) is 10.2 Å². The van der Waals surface area contributed by atoms with Gasteiger partial charge in [-0.1, -0.05) is 18.2 Å². The lowest BCUT2D eigenvalue weighted by Crippen LogP contribution is -1.87. The van der Waals surface area contributed by atoms with E-state index < -0.39 is 10.9 Å². The molecule has 1 heterocycles. The number of rotatable bonds is 5. The fraction of sp³-hybridized carbons (Fsp3) is 0. The van der Waals surface area contributed by atoms with Crippen molar-refractivity contribution in [2.75, 3.05) is 0 Å². The molecule has 5 heteroatoms. The largest absolute Gasteiger partial charge is 0.508 e. The van der Waals surface area contributed by atoms with E-state index in [0.29, 0.717) is 11.5 Å². The van der Waals surface area contributed by atoms with Gasteiger partial charge in [0.15, 0.2) is 0 Å². The Morgan fingerprint density at radius 3 is 1.34 bits per heavy atom. The van der Waals surface area contributed by atoms with Crippen LogP contribution in [0.2, 0.25) is 0 Å². The standard InChI is InChI=1S/C30H22O4S/c31-20-6-10-22(11-7-20)33-24-14-16-29-27(18-24)28-19-25(34-23-12-8-21(32)9-13-23)15-17-30(28)35(29)26-4-2-1-3-5-26/h1-19,31-32,35H. The van der Waals surface area contributed by atoms with Crippen molar-refractivity contribution in [2.24, 2.45) is 0 Å². The summed E-state index contributed by atoms with van der Waals surface area (Å²) in [6, 6.07) is 36.5. The number of benzene rings is 5. The average Bonchev–Trinajstić information content (AvgIpc) is 3.20. The highest BCUT2D eigenvalue weighted by Crippen LogP contribution is 2.63. The van der Waals surface area contributed by atoms with Crippen LogP contribution >= 0.6 is 10.9 Å². The number of hydrogen-bond acceptors (Lipinski definition) is 4. The lowest BCUT2D eigenvalue weighted by atomic mass is 10.1. The average molecular weight is 479 g/mol. The molecule has 35 heavy (non-hydrogen) atoms. The van der Waals surface area contributed by atoms with E-state index in [0.717, 1.165) is 22.6 Å². The highest BCUT2D eigenvalue weighted by atomic mass is 32.2. The Balaban J connectivity index is 1.42. The second-order valence-corrected chi connectivity index (χ2v) is 10.4. The molecule has 0 fully saturated rings. The number of aromatic hydroxyl groups is 2. The quantitative estimate of drug-likeness (QED) is 0.219. The van der Waals surface area contributed by atoms with E-state index in [9.17, 15) is 10.2 Å². The Labute approximate surface area is 206 Å². The molecule has 5 aromatic carbocycles. The minimum atomic E-state index is -0.701. The molecular formula is C30H22O4S. The van der Waals surface area contributed by atoms with Gasteiger partial charge >= 0.3 is 0 Å². The molecule has 1 aliphatic rings. The van der Waals surface area contributed by atoms with E-state index in [1.165, 1.54) is 14.7 Å². The monoisotopic (exact) mass is 478 g/mol. The van der Waals surface area contributed by atoms with E-state index in [4.69, 9.17) is 9.47 Å². The number of phenolic OH excluding ortho intramolecular Hbond substituents is 2. The Morgan fingerprint density at radius 1 is 0.457 bits per heavy atom. The highest BCUT2D eigenvalue weighted by Gasteiger charge is 2.28. The Bertz CT molecular complexity index is 1400. The number of phenols is 2. The zero-order valence-electron chi connectivity index (χ0n) is 18.6. The molecule has 0 saturated carbocycles. The summed E-state index contributed by atoms with van der Waals surface area (Å²) in [6.45, 7) is 0. The second kappa shape index (κ2) is 8.78. The Morgan fingerprint density at radius 2 is 0.886 bits per heavy atom. The smallest absolute Gasteiger partial charge is 0.128 e. The van der Waals surface area contributed by atoms with Crippen molar-refractivity contribution in [3.63, 3.8) is 0 Å². The molecule has 0 atom stereocenters.